The number of hydrogen-bond donors (Lipinski definition) is 3. The summed E-state index contributed by atoms with van der Waals surface area (Å²) in [7, 11) is -1.95. The lowest BCUT2D eigenvalue weighted by Gasteiger charge is -2.36. The Hall–Kier alpha value is -3.08. The number of nitrogens with one attached hydrogen (secondary N) is 1. The predicted molar refractivity (Wildman–Crippen MR) is 137 cm³/mol. The van der Waals surface area contributed by atoms with Crippen LogP contribution in [-0.2, 0) is 16.0 Å². The van der Waals surface area contributed by atoms with Crippen LogP contribution in [0.1, 0.15) is 39.2 Å². The van der Waals surface area contributed by atoms with Gasteiger partial charge in [-0.3, -0.25) is 9.69 Å². The zero-order valence-electron chi connectivity index (χ0n) is 22.2. The van der Waals surface area contributed by atoms with Gasteiger partial charge in [0, 0.05) is 25.0 Å². The average Bonchev–Trinajstić information content (AvgIpc) is 3.44. The molecule has 1 aromatic rings. The topological polar surface area (TPSA) is 126 Å². The fraction of sp³-hybridized carbons (Fsp3) is 0.577. The Morgan fingerprint density at radius 1 is 1.28 bits per heavy atom. The van der Waals surface area contributed by atoms with Gasteiger partial charge in [0.15, 0.2) is 0 Å². The van der Waals surface area contributed by atoms with E-state index >= 15 is 0 Å². The van der Waals surface area contributed by atoms with Crippen molar-refractivity contribution in [2.45, 2.75) is 69.4 Å². The quantitative estimate of drug-likeness (QED) is 0.244. The van der Waals surface area contributed by atoms with E-state index < -0.39 is 60.9 Å². The summed E-state index contributed by atoms with van der Waals surface area (Å²) < 4.78 is 46.7. The number of nitrogens with zero attached hydrogens (tertiary/aromatic N) is 3. The van der Waals surface area contributed by atoms with Crippen molar-refractivity contribution >= 4 is 19.1 Å². The van der Waals surface area contributed by atoms with Crippen LogP contribution in [0.4, 0.5) is 18.0 Å². The number of halogens is 3. The second-order valence-corrected chi connectivity index (χ2v) is 10.9. The maximum absolute atomic E-state index is 14.5. The van der Waals surface area contributed by atoms with Crippen LogP contribution in [0.15, 0.2) is 35.9 Å². The molecule has 2 heterocycles. The largest absolute Gasteiger partial charge is 0.475 e. The van der Waals surface area contributed by atoms with Gasteiger partial charge in [0.05, 0.1) is 18.0 Å². The maximum atomic E-state index is 14.5. The number of rotatable bonds is 9. The Morgan fingerprint density at radius 2 is 1.95 bits per heavy atom. The molecular formula is C26H34BF3N4O5. The SMILES string of the molecule is CC(C)(C=C(C#N)C(=O)N1C[C@@H](F)C[C@]1(C)COC(=O)N[C@@H](Cc1ccc(F)cc1)B(O)O)N1CCC(F)C1. The number of alkyl carbamates (subject to hydrolysis) is 1. The third kappa shape index (κ3) is 7.74. The lowest BCUT2D eigenvalue weighted by Crippen LogP contribution is -2.52. The Morgan fingerprint density at radius 3 is 2.51 bits per heavy atom. The summed E-state index contributed by atoms with van der Waals surface area (Å²) in [4.78, 5) is 28.8. The van der Waals surface area contributed by atoms with Gasteiger partial charge in [-0.1, -0.05) is 12.1 Å². The number of carbonyl (C=O) groups excluding carboxylic acids is 2. The molecule has 39 heavy (non-hydrogen) atoms. The molecule has 0 aromatic heterocycles. The van der Waals surface area contributed by atoms with Gasteiger partial charge in [0.2, 0.25) is 0 Å². The van der Waals surface area contributed by atoms with Gasteiger partial charge in [-0.25, -0.2) is 18.0 Å². The van der Waals surface area contributed by atoms with Crippen LogP contribution in [-0.4, -0.2) is 94.6 Å². The highest BCUT2D eigenvalue weighted by atomic mass is 19.1. The summed E-state index contributed by atoms with van der Waals surface area (Å²) in [6, 6.07) is 7.14. The molecule has 2 aliphatic rings. The van der Waals surface area contributed by atoms with Crippen molar-refractivity contribution in [3.8, 4) is 6.07 Å². The molecule has 4 atom stereocenters. The molecule has 2 amide bonds. The van der Waals surface area contributed by atoms with Crippen molar-refractivity contribution in [1.82, 2.24) is 15.1 Å². The Kier molecular flexibility index (Phi) is 9.69. The van der Waals surface area contributed by atoms with Crippen LogP contribution in [0, 0.1) is 17.1 Å². The lowest BCUT2D eigenvalue weighted by atomic mass is 9.76. The minimum Gasteiger partial charge on any atom is -0.447 e. The Labute approximate surface area is 226 Å². The minimum absolute atomic E-state index is 0.0340. The first-order valence-electron chi connectivity index (χ1n) is 12.8. The zero-order valence-corrected chi connectivity index (χ0v) is 22.2. The maximum Gasteiger partial charge on any atom is 0.475 e. The van der Waals surface area contributed by atoms with Gasteiger partial charge >= 0.3 is 13.2 Å². The van der Waals surface area contributed by atoms with Gasteiger partial charge in [-0.15, -0.1) is 0 Å². The molecule has 0 saturated carbocycles. The molecule has 9 nitrogen and oxygen atoms in total. The number of amides is 2. The van der Waals surface area contributed by atoms with E-state index in [1.165, 1.54) is 37.3 Å². The Bertz CT molecular complexity index is 1110. The number of ether oxygens (including phenoxy) is 1. The second-order valence-electron chi connectivity index (χ2n) is 10.9. The third-order valence-corrected chi connectivity index (χ3v) is 7.28. The summed E-state index contributed by atoms with van der Waals surface area (Å²) in [6.07, 6.45) is -1.81. The van der Waals surface area contributed by atoms with E-state index in [-0.39, 0.29) is 31.5 Å². The van der Waals surface area contributed by atoms with E-state index in [0.29, 0.717) is 18.5 Å². The summed E-state index contributed by atoms with van der Waals surface area (Å²) in [5.74, 6) is -2.38. The molecule has 2 saturated heterocycles. The number of hydrogen-bond acceptors (Lipinski definition) is 7. The van der Waals surface area contributed by atoms with Crippen LogP contribution >= 0.6 is 0 Å². The summed E-state index contributed by atoms with van der Waals surface area (Å²) in [6.45, 7) is 4.98. The normalized spacial score (nSPS) is 24.8. The fourth-order valence-corrected chi connectivity index (χ4v) is 5.03. The van der Waals surface area contributed by atoms with Crippen LogP contribution in [0.25, 0.3) is 0 Å². The summed E-state index contributed by atoms with van der Waals surface area (Å²) >= 11 is 0. The highest BCUT2D eigenvalue weighted by Crippen LogP contribution is 2.33. The average molecular weight is 550 g/mol. The molecule has 2 fully saturated rings. The van der Waals surface area contributed by atoms with E-state index in [9.17, 15) is 38.1 Å². The zero-order chi connectivity index (χ0) is 29.0. The van der Waals surface area contributed by atoms with Crippen molar-refractivity contribution in [1.29, 1.82) is 5.26 Å². The first kappa shape index (κ1) is 30.5. The number of likely N-dealkylation sites (tertiary alicyclic amines) is 2. The van der Waals surface area contributed by atoms with E-state index in [4.69, 9.17) is 4.74 Å². The third-order valence-electron chi connectivity index (χ3n) is 7.28. The van der Waals surface area contributed by atoms with Crippen LogP contribution < -0.4 is 5.32 Å². The van der Waals surface area contributed by atoms with Crippen molar-refractivity contribution in [2.24, 2.45) is 0 Å². The molecule has 212 valence electrons. The Balaban J connectivity index is 1.68. The summed E-state index contributed by atoms with van der Waals surface area (Å²) in [5, 5.41) is 31.4. The first-order chi connectivity index (χ1) is 18.2. The van der Waals surface area contributed by atoms with Crippen LogP contribution in [0.5, 0.6) is 0 Å². The van der Waals surface area contributed by atoms with Crippen molar-refractivity contribution in [3.05, 3.63) is 47.3 Å². The van der Waals surface area contributed by atoms with Crippen molar-refractivity contribution in [3.63, 3.8) is 0 Å². The van der Waals surface area contributed by atoms with Gasteiger partial charge in [0.1, 0.15) is 36.4 Å². The van der Waals surface area contributed by atoms with E-state index in [0.717, 1.165) is 4.90 Å². The molecular weight excluding hydrogens is 516 g/mol. The summed E-state index contributed by atoms with van der Waals surface area (Å²) in [5.41, 5.74) is -1.77. The molecule has 3 rings (SSSR count). The number of benzene rings is 1. The van der Waals surface area contributed by atoms with Gasteiger partial charge in [-0.2, -0.15) is 5.26 Å². The molecule has 13 heteroatoms. The first-order valence-corrected chi connectivity index (χ1v) is 12.8. The van der Waals surface area contributed by atoms with Crippen molar-refractivity contribution < 1.29 is 37.5 Å². The fourth-order valence-electron chi connectivity index (χ4n) is 5.03. The molecule has 0 spiro atoms. The predicted octanol–water partition coefficient (Wildman–Crippen LogP) is 2.08. The van der Waals surface area contributed by atoms with E-state index in [2.05, 4.69) is 5.32 Å². The van der Waals surface area contributed by atoms with Gasteiger partial charge < -0.3 is 25.0 Å². The molecule has 0 radical (unpaired) electrons. The van der Waals surface area contributed by atoms with Gasteiger partial charge in [-0.05, 0) is 57.4 Å². The highest BCUT2D eigenvalue weighted by molar-refractivity contribution is 6.43. The number of nitriles is 1. The molecule has 3 N–H and O–H groups in total. The molecule has 1 unspecified atom stereocenters. The number of alkyl halides is 2. The van der Waals surface area contributed by atoms with E-state index in [1.807, 2.05) is 11.0 Å². The van der Waals surface area contributed by atoms with Crippen LogP contribution in [0.3, 0.4) is 0 Å². The standard InChI is InChI=1S/C26H34BF3N4O5/c1-25(2,33-9-8-20(29)14-33)11-18(13-31)23(35)34-15-21(30)12-26(34,3)16-39-24(36)32-22(27(37)38)10-17-4-6-19(28)7-5-17/h4-7,11,20-22,37-38H,8-10,12,14-16H2,1-3H3,(H,32,36)/t20?,21-,22-,26+/m0/s1. The van der Waals surface area contributed by atoms with Crippen LogP contribution in [0.2, 0.25) is 0 Å². The van der Waals surface area contributed by atoms with Gasteiger partial charge in [0.25, 0.3) is 5.91 Å². The smallest absolute Gasteiger partial charge is 0.447 e. The van der Waals surface area contributed by atoms with Crippen molar-refractivity contribution in [2.75, 3.05) is 26.2 Å². The molecule has 1 aromatic carbocycles. The second kappa shape index (κ2) is 12.4. The van der Waals surface area contributed by atoms with E-state index in [1.54, 1.807) is 13.8 Å². The minimum atomic E-state index is -1.95. The highest BCUT2D eigenvalue weighted by Gasteiger charge is 2.47. The lowest BCUT2D eigenvalue weighted by molar-refractivity contribution is -0.131. The molecule has 2 aliphatic heterocycles. The molecule has 0 bridgehead atoms. The number of carbonyl (C=O) groups is 2. The molecule has 0 aliphatic carbocycles. The monoisotopic (exact) mass is 550 g/mol.